The van der Waals surface area contributed by atoms with Crippen molar-refractivity contribution in [2.75, 3.05) is 0 Å². The highest BCUT2D eigenvalue weighted by atomic mass is 32.2. The van der Waals surface area contributed by atoms with Gasteiger partial charge in [0.25, 0.3) is 0 Å². The number of hydrogen-bond acceptors (Lipinski definition) is 3. The Morgan fingerprint density at radius 1 is 1.57 bits per heavy atom. The minimum atomic E-state index is -4.24. The highest BCUT2D eigenvalue weighted by Crippen LogP contribution is 2.37. The Labute approximate surface area is 83.5 Å². The van der Waals surface area contributed by atoms with Gasteiger partial charge in [0.2, 0.25) is 0 Å². The van der Waals surface area contributed by atoms with Gasteiger partial charge >= 0.3 is 12.1 Å². The van der Waals surface area contributed by atoms with Crippen LogP contribution in [-0.2, 0) is 9.53 Å². The Balaban J connectivity index is 2.56. The zero-order valence-corrected chi connectivity index (χ0v) is 8.19. The first-order valence-electron chi connectivity index (χ1n) is 3.95. The topological polar surface area (TPSA) is 26.3 Å². The van der Waals surface area contributed by atoms with Crippen molar-refractivity contribution in [3.8, 4) is 0 Å². The first-order chi connectivity index (χ1) is 6.39. The summed E-state index contributed by atoms with van der Waals surface area (Å²) >= 11 is 0.704. The van der Waals surface area contributed by atoms with Gasteiger partial charge in [-0.25, -0.2) is 0 Å². The fourth-order valence-corrected chi connectivity index (χ4v) is 2.00. The van der Waals surface area contributed by atoms with Crippen LogP contribution < -0.4 is 0 Å². The molecular weight excluding hydrogens is 217 g/mol. The maximum Gasteiger partial charge on any atom is 0.401 e. The van der Waals surface area contributed by atoms with Crippen molar-refractivity contribution in [3.63, 3.8) is 0 Å². The molecule has 0 unspecified atom stereocenters. The molecule has 0 aromatic rings. The molecule has 0 fully saturated rings. The Bertz CT molecular complexity index is 249. The van der Waals surface area contributed by atoms with Crippen molar-refractivity contribution >= 4 is 17.7 Å². The first-order valence-corrected chi connectivity index (χ1v) is 4.90. The number of thioether (sulfide) groups is 1. The van der Waals surface area contributed by atoms with Crippen LogP contribution in [0.5, 0.6) is 0 Å². The van der Waals surface area contributed by atoms with Gasteiger partial charge in [-0.1, -0.05) is 0 Å². The summed E-state index contributed by atoms with van der Waals surface area (Å²) in [6.07, 6.45) is -3.73. The molecule has 0 spiro atoms. The van der Waals surface area contributed by atoms with Crippen molar-refractivity contribution in [2.45, 2.75) is 30.9 Å². The van der Waals surface area contributed by atoms with Gasteiger partial charge in [0.05, 0.1) is 0 Å². The smallest absolute Gasteiger partial charge is 0.401 e. The Morgan fingerprint density at radius 2 is 2.21 bits per heavy atom. The van der Waals surface area contributed by atoms with E-state index in [1.54, 1.807) is 0 Å². The molecule has 1 rings (SSSR count). The number of carbonyl (C=O) groups excluding carboxylic acids is 1. The zero-order valence-electron chi connectivity index (χ0n) is 7.38. The Hall–Kier alpha value is -0.650. The maximum atomic E-state index is 12.3. The molecule has 0 aromatic carbocycles. The number of rotatable bonds is 1. The Kier molecular flexibility index (Phi) is 3.47. The van der Waals surface area contributed by atoms with E-state index in [9.17, 15) is 18.0 Å². The summed E-state index contributed by atoms with van der Waals surface area (Å²) < 4.78 is 41.4. The lowest BCUT2D eigenvalue weighted by atomic mass is 10.2. The molecule has 0 aromatic heterocycles. The highest BCUT2D eigenvalue weighted by Gasteiger charge is 2.42. The van der Waals surface area contributed by atoms with Gasteiger partial charge in [0.1, 0.15) is 11.4 Å². The second-order valence-electron chi connectivity index (χ2n) is 2.88. The molecule has 14 heavy (non-hydrogen) atoms. The van der Waals surface area contributed by atoms with Crippen LogP contribution in [0.3, 0.4) is 0 Å². The van der Waals surface area contributed by atoms with E-state index >= 15 is 0 Å². The van der Waals surface area contributed by atoms with E-state index < -0.39 is 23.5 Å². The van der Waals surface area contributed by atoms with Gasteiger partial charge in [-0.15, -0.1) is 11.8 Å². The fourth-order valence-electron chi connectivity index (χ4n) is 1.08. The van der Waals surface area contributed by atoms with Gasteiger partial charge < -0.3 is 4.74 Å². The lowest BCUT2D eigenvalue weighted by Gasteiger charge is -2.25. The highest BCUT2D eigenvalue weighted by molar-refractivity contribution is 8.02. The third kappa shape index (κ3) is 3.25. The van der Waals surface area contributed by atoms with E-state index in [1.165, 1.54) is 18.4 Å². The van der Waals surface area contributed by atoms with Crippen LogP contribution >= 0.6 is 11.8 Å². The van der Waals surface area contributed by atoms with Gasteiger partial charge in [0.15, 0.2) is 0 Å². The molecule has 0 bridgehead atoms. The largest absolute Gasteiger partial charge is 0.458 e. The number of halogens is 3. The number of alkyl halides is 3. The summed E-state index contributed by atoms with van der Waals surface area (Å²) in [5, 5.41) is -0.147. The SMILES string of the molecule is CC(=O)O[C@H]1C=CS[C@@H](C(F)(F)F)C1. The number of carbonyl (C=O) groups is 1. The van der Waals surface area contributed by atoms with E-state index in [2.05, 4.69) is 4.74 Å². The van der Waals surface area contributed by atoms with E-state index in [1.807, 2.05) is 0 Å². The summed E-state index contributed by atoms with van der Waals surface area (Å²) in [7, 11) is 0. The average Bonchev–Trinajstić information content (AvgIpc) is 2.01. The number of esters is 1. The Morgan fingerprint density at radius 3 is 2.71 bits per heavy atom. The first kappa shape index (κ1) is 11.4. The standard InChI is InChI=1S/C8H9F3O2S/c1-5(12)13-6-2-3-14-7(4-6)8(9,10)11/h2-3,6-7H,4H2,1H3/t6-,7+/m0/s1. The summed E-state index contributed by atoms with van der Waals surface area (Å²) in [6, 6.07) is 0. The average molecular weight is 226 g/mol. The number of ether oxygens (including phenoxy) is 1. The molecule has 0 saturated carbocycles. The predicted molar refractivity (Wildman–Crippen MR) is 46.7 cm³/mol. The van der Waals surface area contributed by atoms with Crippen LogP contribution in [0.2, 0.25) is 0 Å². The maximum absolute atomic E-state index is 12.3. The van der Waals surface area contributed by atoms with Crippen LogP contribution in [0.4, 0.5) is 13.2 Å². The van der Waals surface area contributed by atoms with Crippen molar-refractivity contribution in [3.05, 3.63) is 11.5 Å². The minimum Gasteiger partial charge on any atom is -0.458 e. The van der Waals surface area contributed by atoms with Crippen LogP contribution in [0, 0.1) is 0 Å². The van der Waals surface area contributed by atoms with Gasteiger partial charge in [-0.3, -0.25) is 4.79 Å². The van der Waals surface area contributed by atoms with Gasteiger partial charge in [0, 0.05) is 13.3 Å². The van der Waals surface area contributed by atoms with Crippen LogP contribution in [0.25, 0.3) is 0 Å². The van der Waals surface area contributed by atoms with E-state index in [0.29, 0.717) is 11.8 Å². The zero-order chi connectivity index (χ0) is 10.8. The van der Waals surface area contributed by atoms with E-state index in [4.69, 9.17) is 0 Å². The molecule has 80 valence electrons. The molecule has 1 aliphatic heterocycles. The molecule has 2 nitrogen and oxygen atoms in total. The summed E-state index contributed by atoms with van der Waals surface area (Å²) in [5.74, 6) is -0.563. The molecule has 0 amide bonds. The van der Waals surface area contributed by atoms with E-state index in [0.717, 1.165) is 0 Å². The molecule has 2 atom stereocenters. The summed E-state index contributed by atoms with van der Waals surface area (Å²) in [6.45, 7) is 1.18. The fraction of sp³-hybridized carbons (Fsp3) is 0.625. The molecule has 0 N–H and O–H groups in total. The van der Waals surface area contributed by atoms with Crippen molar-refractivity contribution in [2.24, 2.45) is 0 Å². The summed E-state index contributed by atoms with van der Waals surface area (Å²) in [5.41, 5.74) is 0. The molecular formula is C8H9F3O2S. The van der Waals surface area contributed by atoms with Crippen LogP contribution in [0.15, 0.2) is 11.5 Å². The quantitative estimate of drug-likeness (QED) is 0.642. The van der Waals surface area contributed by atoms with Gasteiger partial charge in [-0.2, -0.15) is 13.2 Å². The minimum absolute atomic E-state index is 0.204. The normalized spacial score (nSPS) is 27.4. The summed E-state index contributed by atoms with van der Waals surface area (Å²) in [4.78, 5) is 10.5. The van der Waals surface area contributed by atoms with Crippen molar-refractivity contribution < 1.29 is 22.7 Å². The van der Waals surface area contributed by atoms with Crippen molar-refractivity contribution in [1.29, 1.82) is 0 Å². The van der Waals surface area contributed by atoms with Gasteiger partial charge in [-0.05, 0) is 11.5 Å². The second-order valence-corrected chi connectivity index (χ2v) is 3.99. The second kappa shape index (κ2) is 4.25. The molecule has 6 heteroatoms. The lowest BCUT2D eigenvalue weighted by molar-refractivity contribution is -0.150. The lowest BCUT2D eigenvalue weighted by Crippen LogP contribution is -2.32. The van der Waals surface area contributed by atoms with Crippen LogP contribution in [-0.4, -0.2) is 23.5 Å². The molecule has 0 saturated heterocycles. The third-order valence-electron chi connectivity index (χ3n) is 1.66. The molecule has 0 radical (unpaired) electrons. The van der Waals surface area contributed by atoms with Crippen molar-refractivity contribution in [1.82, 2.24) is 0 Å². The molecule has 0 aliphatic carbocycles. The monoisotopic (exact) mass is 226 g/mol. The third-order valence-corrected chi connectivity index (χ3v) is 2.77. The number of hydrogen-bond donors (Lipinski definition) is 0. The van der Waals surface area contributed by atoms with E-state index in [-0.39, 0.29) is 6.42 Å². The predicted octanol–water partition coefficient (Wildman–Crippen LogP) is 2.50. The molecule has 1 heterocycles. The molecule has 1 aliphatic rings. The van der Waals surface area contributed by atoms with Crippen LogP contribution in [0.1, 0.15) is 13.3 Å².